The quantitative estimate of drug-likeness (QED) is 0.839. The van der Waals surface area contributed by atoms with Crippen LogP contribution in [-0.4, -0.2) is 84.2 Å². The van der Waals surface area contributed by atoms with E-state index in [1.54, 1.807) is 16.0 Å². The first kappa shape index (κ1) is 19.9. The predicted octanol–water partition coefficient (Wildman–Crippen LogP) is 1.78. The number of likely N-dealkylation sites (N-methyl/N-ethyl adjacent to an activating group) is 1. The van der Waals surface area contributed by atoms with Gasteiger partial charge in [-0.25, -0.2) is 0 Å². The molecule has 28 heavy (non-hydrogen) atoms. The lowest BCUT2D eigenvalue weighted by molar-refractivity contribution is -0.137. The van der Waals surface area contributed by atoms with Crippen molar-refractivity contribution in [2.24, 2.45) is 5.92 Å². The number of aliphatic hydroxyl groups excluding tert-OH is 1. The number of hydrogen-bond donors (Lipinski definition) is 1. The number of hydrogen-bond acceptors (Lipinski definition) is 4. The monoisotopic (exact) mass is 385 g/mol. The number of benzene rings is 1. The average molecular weight is 386 g/mol. The van der Waals surface area contributed by atoms with E-state index in [1.165, 1.54) is 38.8 Å². The standard InChI is InChI=1S/C23H35N3O2/c1-24(13-14-27)23(28)20-7-4-10-26(17-20)21-8-11-25(12-9-21)22-15-18-5-2-3-6-19(18)16-22/h2-3,5-6,20-22,27H,4,7-17H2,1H3. The van der Waals surface area contributed by atoms with Crippen LogP contribution in [0.2, 0.25) is 0 Å². The molecule has 1 unspecified atom stereocenters. The summed E-state index contributed by atoms with van der Waals surface area (Å²) in [5, 5.41) is 9.10. The largest absolute Gasteiger partial charge is 0.395 e. The molecule has 0 spiro atoms. The van der Waals surface area contributed by atoms with Gasteiger partial charge in [0, 0.05) is 32.2 Å². The fraction of sp³-hybridized carbons (Fsp3) is 0.696. The van der Waals surface area contributed by atoms with E-state index in [-0.39, 0.29) is 18.4 Å². The highest BCUT2D eigenvalue weighted by Crippen LogP contribution is 2.30. The molecule has 0 aromatic heterocycles. The van der Waals surface area contributed by atoms with E-state index in [1.807, 2.05) is 7.05 Å². The van der Waals surface area contributed by atoms with Gasteiger partial charge in [0.25, 0.3) is 0 Å². The Hall–Kier alpha value is -1.43. The molecule has 1 aliphatic carbocycles. The summed E-state index contributed by atoms with van der Waals surface area (Å²) in [5.74, 6) is 0.313. The van der Waals surface area contributed by atoms with Crippen LogP contribution in [0.4, 0.5) is 0 Å². The van der Waals surface area contributed by atoms with Gasteiger partial charge in [0.15, 0.2) is 0 Å². The zero-order valence-electron chi connectivity index (χ0n) is 17.2. The molecule has 0 saturated carbocycles. The molecule has 2 aliphatic heterocycles. The third kappa shape index (κ3) is 4.27. The minimum absolute atomic E-state index is 0.0438. The lowest BCUT2D eigenvalue weighted by atomic mass is 9.92. The Morgan fingerprint density at radius 2 is 1.71 bits per heavy atom. The van der Waals surface area contributed by atoms with E-state index in [0.29, 0.717) is 18.6 Å². The molecule has 2 saturated heterocycles. The molecule has 0 radical (unpaired) electrons. The van der Waals surface area contributed by atoms with Crippen LogP contribution in [0.5, 0.6) is 0 Å². The number of carbonyl (C=O) groups is 1. The van der Waals surface area contributed by atoms with E-state index in [0.717, 1.165) is 25.9 Å². The molecule has 154 valence electrons. The molecule has 5 heteroatoms. The van der Waals surface area contributed by atoms with Crippen LogP contribution in [0.15, 0.2) is 24.3 Å². The van der Waals surface area contributed by atoms with Crippen molar-refractivity contribution in [1.82, 2.24) is 14.7 Å². The Morgan fingerprint density at radius 1 is 1.04 bits per heavy atom. The summed E-state index contributed by atoms with van der Waals surface area (Å²) in [5.41, 5.74) is 3.08. The maximum atomic E-state index is 12.6. The van der Waals surface area contributed by atoms with Gasteiger partial charge < -0.3 is 10.0 Å². The van der Waals surface area contributed by atoms with Gasteiger partial charge in [-0.1, -0.05) is 24.3 Å². The van der Waals surface area contributed by atoms with Gasteiger partial charge in [-0.2, -0.15) is 0 Å². The van der Waals surface area contributed by atoms with Crippen molar-refractivity contribution in [3.63, 3.8) is 0 Å². The van der Waals surface area contributed by atoms with Crippen molar-refractivity contribution in [2.75, 3.05) is 46.4 Å². The molecule has 0 bridgehead atoms. The summed E-state index contributed by atoms with van der Waals surface area (Å²) >= 11 is 0. The summed E-state index contributed by atoms with van der Waals surface area (Å²) < 4.78 is 0. The smallest absolute Gasteiger partial charge is 0.226 e. The Bertz CT molecular complexity index is 647. The Balaban J connectivity index is 1.27. The van der Waals surface area contributed by atoms with Crippen LogP contribution in [0.1, 0.15) is 36.8 Å². The molecule has 1 aromatic carbocycles. The molecule has 2 fully saturated rings. The Kier molecular flexibility index (Phi) is 6.34. The number of rotatable bonds is 5. The van der Waals surface area contributed by atoms with Crippen LogP contribution < -0.4 is 0 Å². The summed E-state index contributed by atoms with van der Waals surface area (Å²) in [6, 6.07) is 10.2. The van der Waals surface area contributed by atoms with Gasteiger partial charge in [-0.15, -0.1) is 0 Å². The number of aliphatic hydroxyl groups is 1. The third-order valence-corrected chi connectivity index (χ3v) is 7.18. The van der Waals surface area contributed by atoms with Crippen LogP contribution in [0.25, 0.3) is 0 Å². The number of carbonyl (C=O) groups excluding carboxylic acids is 1. The molecule has 2 heterocycles. The maximum absolute atomic E-state index is 12.6. The normalized spacial score (nSPS) is 25.0. The fourth-order valence-corrected chi connectivity index (χ4v) is 5.52. The number of amides is 1. The fourth-order valence-electron chi connectivity index (χ4n) is 5.52. The van der Waals surface area contributed by atoms with E-state index in [4.69, 9.17) is 5.11 Å². The second-order valence-electron chi connectivity index (χ2n) is 8.92. The zero-order valence-corrected chi connectivity index (χ0v) is 17.2. The van der Waals surface area contributed by atoms with Crippen molar-refractivity contribution in [3.8, 4) is 0 Å². The lowest BCUT2D eigenvalue weighted by Gasteiger charge is -2.43. The van der Waals surface area contributed by atoms with Crippen LogP contribution in [-0.2, 0) is 17.6 Å². The van der Waals surface area contributed by atoms with Crippen molar-refractivity contribution < 1.29 is 9.90 Å². The molecule has 1 amide bonds. The maximum Gasteiger partial charge on any atom is 0.226 e. The molecule has 1 aromatic rings. The summed E-state index contributed by atoms with van der Waals surface area (Å²) in [6.45, 7) is 4.88. The van der Waals surface area contributed by atoms with Gasteiger partial charge in [-0.05, 0) is 69.3 Å². The SMILES string of the molecule is CN(CCO)C(=O)C1CCCN(C2CCN(C3Cc4ccccc4C3)CC2)C1. The number of likely N-dealkylation sites (tertiary alicyclic amines) is 2. The van der Waals surface area contributed by atoms with Crippen LogP contribution >= 0.6 is 0 Å². The van der Waals surface area contributed by atoms with Gasteiger partial charge >= 0.3 is 0 Å². The van der Waals surface area contributed by atoms with Gasteiger partial charge in [0.2, 0.25) is 5.91 Å². The number of nitrogens with zero attached hydrogens (tertiary/aromatic N) is 3. The van der Waals surface area contributed by atoms with E-state index in [9.17, 15) is 4.79 Å². The van der Waals surface area contributed by atoms with Gasteiger partial charge in [0.1, 0.15) is 0 Å². The van der Waals surface area contributed by atoms with Crippen molar-refractivity contribution in [3.05, 3.63) is 35.4 Å². The second-order valence-corrected chi connectivity index (χ2v) is 8.92. The van der Waals surface area contributed by atoms with Gasteiger partial charge in [0.05, 0.1) is 12.5 Å². The zero-order chi connectivity index (χ0) is 19.5. The first-order valence-corrected chi connectivity index (χ1v) is 11.1. The highest BCUT2D eigenvalue weighted by molar-refractivity contribution is 5.78. The van der Waals surface area contributed by atoms with Crippen molar-refractivity contribution >= 4 is 5.91 Å². The van der Waals surface area contributed by atoms with E-state index >= 15 is 0 Å². The van der Waals surface area contributed by atoms with Crippen LogP contribution in [0.3, 0.4) is 0 Å². The minimum Gasteiger partial charge on any atom is -0.395 e. The first-order chi connectivity index (χ1) is 13.7. The second kappa shape index (κ2) is 8.93. The lowest BCUT2D eigenvalue weighted by Crippen LogP contribution is -2.52. The molecular formula is C23H35N3O2. The Labute approximate surface area is 169 Å². The van der Waals surface area contributed by atoms with Crippen molar-refractivity contribution in [2.45, 2.75) is 50.6 Å². The molecular weight excluding hydrogens is 350 g/mol. The summed E-state index contributed by atoms with van der Waals surface area (Å²) in [6.07, 6.45) is 6.96. The van der Waals surface area contributed by atoms with Crippen molar-refractivity contribution in [1.29, 1.82) is 0 Å². The average Bonchev–Trinajstić information content (AvgIpc) is 3.18. The molecule has 1 atom stereocenters. The minimum atomic E-state index is 0.0438. The molecule has 5 nitrogen and oxygen atoms in total. The molecule has 1 N–H and O–H groups in total. The summed E-state index contributed by atoms with van der Waals surface area (Å²) in [4.78, 5) is 19.6. The Morgan fingerprint density at radius 3 is 2.36 bits per heavy atom. The van der Waals surface area contributed by atoms with Crippen LogP contribution in [0, 0.1) is 5.92 Å². The highest BCUT2D eigenvalue weighted by atomic mass is 16.3. The first-order valence-electron chi connectivity index (χ1n) is 11.1. The summed E-state index contributed by atoms with van der Waals surface area (Å²) in [7, 11) is 1.82. The number of fused-ring (bicyclic) bond motifs is 1. The highest BCUT2D eigenvalue weighted by Gasteiger charge is 2.35. The number of piperidine rings is 2. The third-order valence-electron chi connectivity index (χ3n) is 7.18. The van der Waals surface area contributed by atoms with E-state index < -0.39 is 0 Å². The van der Waals surface area contributed by atoms with Gasteiger partial charge in [-0.3, -0.25) is 14.6 Å². The molecule has 3 aliphatic rings. The van der Waals surface area contributed by atoms with E-state index in [2.05, 4.69) is 34.1 Å². The topological polar surface area (TPSA) is 47.0 Å². The molecule has 4 rings (SSSR count). The predicted molar refractivity (Wildman–Crippen MR) is 111 cm³/mol.